The molecule has 108 valence electrons. The summed E-state index contributed by atoms with van der Waals surface area (Å²) in [6.45, 7) is 2.89. The maximum atomic E-state index is 12.2. The number of nitrogens with zero attached hydrogens (tertiary/aromatic N) is 1. The van der Waals surface area contributed by atoms with Crippen LogP contribution in [0.25, 0.3) is 0 Å². The van der Waals surface area contributed by atoms with Crippen LogP contribution in [0.3, 0.4) is 0 Å². The third-order valence-corrected chi connectivity index (χ3v) is 3.58. The monoisotopic (exact) mass is 276 g/mol. The van der Waals surface area contributed by atoms with Crippen LogP contribution in [0.2, 0.25) is 0 Å². The van der Waals surface area contributed by atoms with Gasteiger partial charge in [-0.3, -0.25) is 4.79 Å². The van der Waals surface area contributed by atoms with Crippen molar-refractivity contribution in [2.24, 2.45) is 5.92 Å². The van der Waals surface area contributed by atoms with Gasteiger partial charge in [0.2, 0.25) is 0 Å². The molecule has 0 spiro atoms. The maximum absolute atomic E-state index is 12.2. The number of benzene rings is 1. The van der Waals surface area contributed by atoms with Crippen LogP contribution in [-0.2, 0) is 0 Å². The number of piperidine rings is 1. The van der Waals surface area contributed by atoms with Crippen molar-refractivity contribution in [2.75, 3.05) is 25.0 Å². The van der Waals surface area contributed by atoms with E-state index in [1.165, 1.54) is 6.92 Å². The topological polar surface area (TPSA) is 69.6 Å². The number of aliphatic hydroxyl groups is 1. The molecule has 1 atom stereocenters. The smallest absolute Gasteiger partial charge is 0.321 e. The summed E-state index contributed by atoms with van der Waals surface area (Å²) in [5.74, 6) is 0.137. The second-order valence-electron chi connectivity index (χ2n) is 5.20. The van der Waals surface area contributed by atoms with E-state index < -0.39 is 0 Å². The molecule has 1 unspecified atom stereocenters. The van der Waals surface area contributed by atoms with Crippen molar-refractivity contribution in [1.82, 2.24) is 4.90 Å². The minimum Gasteiger partial charge on any atom is -0.396 e. The van der Waals surface area contributed by atoms with Crippen molar-refractivity contribution in [2.45, 2.75) is 19.8 Å². The number of carbonyl (C=O) groups excluding carboxylic acids is 2. The second kappa shape index (κ2) is 6.52. The van der Waals surface area contributed by atoms with E-state index in [0.717, 1.165) is 12.8 Å². The van der Waals surface area contributed by atoms with Gasteiger partial charge < -0.3 is 15.3 Å². The van der Waals surface area contributed by atoms with E-state index in [1.807, 2.05) is 0 Å². The van der Waals surface area contributed by atoms with Crippen LogP contribution in [0.5, 0.6) is 0 Å². The van der Waals surface area contributed by atoms with E-state index in [2.05, 4.69) is 5.32 Å². The fourth-order valence-electron chi connectivity index (χ4n) is 2.42. The van der Waals surface area contributed by atoms with Gasteiger partial charge in [0.15, 0.2) is 5.78 Å². The third kappa shape index (κ3) is 3.57. The molecule has 1 fully saturated rings. The second-order valence-corrected chi connectivity index (χ2v) is 5.20. The van der Waals surface area contributed by atoms with E-state index >= 15 is 0 Å². The molecule has 1 saturated heterocycles. The molecule has 20 heavy (non-hydrogen) atoms. The van der Waals surface area contributed by atoms with Crippen molar-refractivity contribution < 1.29 is 14.7 Å². The number of aliphatic hydroxyl groups excluding tert-OH is 1. The lowest BCUT2D eigenvalue weighted by Gasteiger charge is -2.31. The van der Waals surface area contributed by atoms with Gasteiger partial charge in [0, 0.05) is 30.9 Å². The zero-order valence-electron chi connectivity index (χ0n) is 11.6. The number of carbonyl (C=O) groups is 2. The molecular weight excluding hydrogens is 256 g/mol. The van der Waals surface area contributed by atoms with Crippen molar-refractivity contribution in [3.05, 3.63) is 29.8 Å². The zero-order valence-corrected chi connectivity index (χ0v) is 11.6. The quantitative estimate of drug-likeness (QED) is 0.831. The maximum Gasteiger partial charge on any atom is 0.321 e. The lowest BCUT2D eigenvalue weighted by atomic mass is 9.99. The summed E-state index contributed by atoms with van der Waals surface area (Å²) in [5, 5.41) is 12.0. The van der Waals surface area contributed by atoms with Crippen LogP contribution in [-0.4, -0.2) is 41.5 Å². The van der Waals surface area contributed by atoms with E-state index in [9.17, 15) is 14.7 Å². The number of amides is 2. The highest BCUT2D eigenvalue weighted by Gasteiger charge is 2.23. The molecular formula is C15H20N2O3. The molecule has 0 saturated carbocycles. The Kier molecular flexibility index (Phi) is 4.74. The van der Waals surface area contributed by atoms with Gasteiger partial charge in [-0.1, -0.05) is 12.1 Å². The Morgan fingerprint density at radius 1 is 1.45 bits per heavy atom. The van der Waals surface area contributed by atoms with Gasteiger partial charge in [-0.25, -0.2) is 4.79 Å². The highest BCUT2D eigenvalue weighted by Crippen LogP contribution is 2.18. The van der Waals surface area contributed by atoms with Gasteiger partial charge >= 0.3 is 6.03 Å². The van der Waals surface area contributed by atoms with Crippen LogP contribution in [0.1, 0.15) is 30.1 Å². The number of likely N-dealkylation sites (tertiary alicyclic amines) is 1. The molecule has 5 nitrogen and oxygen atoms in total. The molecule has 2 amide bonds. The molecule has 1 aromatic rings. The number of rotatable bonds is 3. The number of Topliss-reactive ketones (excluding diaryl/α,β-unsaturated/α-hetero) is 1. The standard InChI is InChI=1S/C15H20N2O3/c1-11(19)13-5-2-6-14(8-13)16-15(20)17-7-3-4-12(9-17)10-18/h2,5-6,8,12,18H,3-4,7,9-10H2,1H3,(H,16,20). The van der Waals surface area contributed by atoms with Crippen LogP contribution in [0, 0.1) is 5.92 Å². The van der Waals surface area contributed by atoms with Crippen LogP contribution in [0.15, 0.2) is 24.3 Å². The first-order valence-electron chi connectivity index (χ1n) is 6.88. The molecule has 1 heterocycles. The fourth-order valence-corrected chi connectivity index (χ4v) is 2.42. The van der Waals surface area contributed by atoms with Gasteiger partial charge in [-0.05, 0) is 37.8 Å². The van der Waals surface area contributed by atoms with Crippen molar-refractivity contribution in [1.29, 1.82) is 0 Å². The van der Waals surface area contributed by atoms with Crippen LogP contribution >= 0.6 is 0 Å². The number of nitrogens with one attached hydrogen (secondary N) is 1. The SMILES string of the molecule is CC(=O)c1cccc(NC(=O)N2CCCC(CO)C2)c1. The molecule has 0 aliphatic carbocycles. The fraction of sp³-hybridized carbons (Fsp3) is 0.467. The molecule has 5 heteroatoms. The Morgan fingerprint density at radius 3 is 2.95 bits per heavy atom. The normalized spacial score (nSPS) is 18.7. The lowest BCUT2D eigenvalue weighted by Crippen LogP contribution is -2.43. The summed E-state index contributed by atoms with van der Waals surface area (Å²) in [4.78, 5) is 25.2. The minimum atomic E-state index is -0.177. The van der Waals surface area contributed by atoms with Crippen LogP contribution in [0.4, 0.5) is 10.5 Å². The summed E-state index contributed by atoms with van der Waals surface area (Å²) < 4.78 is 0. The predicted molar refractivity (Wildman–Crippen MR) is 76.8 cm³/mol. The Bertz CT molecular complexity index is 502. The molecule has 0 aromatic heterocycles. The Balaban J connectivity index is 2.00. The van der Waals surface area contributed by atoms with E-state index in [1.54, 1.807) is 29.2 Å². The van der Waals surface area contributed by atoms with Gasteiger partial charge in [0.05, 0.1) is 0 Å². The summed E-state index contributed by atoms with van der Waals surface area (Å²) in [5.41, 5.74) is 1.20. The van der Waals surface area contributed by atoms with Crippen LogP contribution < -0.4 is 5.32 Å². The molecule has 2 N–H and O–H groups in total. The van der Waals surface area contributed by atoms with E-state index in [-0.39, 0.29) is 24.3 Å². The van der Waals surface area contributed by atoms with Gasteiger partial charge in [-0.2, -0.15) is 0 Å². The Morgan fingerprint density at radius 2 is 2.25 bits per heavy atom. The van der Waals surface area contributed by atoms with Crippen molar-refractivity contribution in [3.8, 4) is 0 Å². The number of hydrogen-bond donors (Lipinski definition) is 2. The summed E-state index contributed by atoms with van der Waals surface area (Å²) >= 11 is 0. The average molecular weight is 276 g/mol. The molecule has 0 bridgehead atoms. The zero-order chi connectivity index (χ0) is 14.5. The lowest BCUT2D eigenvalue weighted by molar-refractivity contribution is 0.101. The van der Waals surface area contributed by atoms with Crippen molar-refractivity contribution >= 4 is 17.5 Å². The molecule has 1 aromatic carbocycles. The first kappa shape index (κ1) is 14.5. The summed E-state index contributed by atoms with van der Waals surface area (Å²) in [7, 11) is 0. The molecule has 1 aliphatic heterocycles. The first-order valence-corrected chi connectivity index (χ1v) is 6.88. The Hall–Kier alpha value is -1.88. The number of ketones is 1. The van der Waals surface area contributed by atoms with Gasteiger partial charge in [0.1, 0.15) is 0 Å². The minimum absolute atomic E-state index is 0.0283. The van der Waals surface area contributed by atoms with E-state index in [4.69, 9.17) is 0 Å². The van der Waals surface area contributed by atoms with E-state index in [0.29, 0.717) is 24.3 Å². The molecule has 0 radical (unpaired) electrons. The molecule has 1 aliphatic rings. The molecule has 2 rings (SSSR count). The van der Waals surface area contributed by atoms with Gasteiger partial charge in [0.25, 0.3) is 0 Å². The van der Waals surface area contributed by atoms with Crippen molar-refractivity contribution in [3.63, 3.8) is 0 Å². The number of urea groups is 1. The number of hydrogen-bond acceptors (Lipinski definition) is 3. The highest BCUT2D eigenvalue weighted by atomic mass is 16.3. The third-order valence-electron chi connectivity index (χ3n) is 3.58. The Labute approximate surface area is 118 Å². The average Bonchev–Trinajstić information content (AvgIpc) is 2.47. The number of anilines is 1. The van der Waals surface area contributed by atoms with Gasteiger partial charge in [-0.15, -0.1) is 0 Å². The largest absolute Gasteiger partial charge is 0.396 e. The summed E-state index contributed by atoms with van der Waals surface area (Å²) in [6.07, 6.45) is 1.87. The highest BCUT2D eigenvalue weighted by molar-refractivity contribution is 5.96. The predicted octanol–water partition coefficient (Wildman–Crippen LogP) is 2.13. The first-order chi connectivity index (χ1) is 9.60. The summed E-state index contributed by atoms with van der Waals surface area (Å²) in [6, 6.07) is 6.73.